The van der Waals surface area contributed by atoms with Crippen LogP contribution in [0, 0.1) is 0 Å². The molecular weight excluding hydrogens is 881 g/mol. The summed E-state index contributed by atoms with van der Waals surface area (Å²) in [5, 5.41) is 11.0. The maximum Gasteiger partial charge on any atom is 0.230 e. The summed E-state index contributed by atoms with van der Waals surface area (Å²) in [6, 6.07) is 82.5. The normalized spacial score (nSPS) is 12.2. The number of benzene rings is 10. The van der Waals surface area contributed by atoms with Gasteiger partial charge in [-0.2, -0.15) is 0 Å². The number of nitrogens with zero attached hydrogens (tertiary/aromatic N) is 4. The number of pyridine rings is 2. The third-order valence-electron chi connectivity index (χ3n) is 14.9. The molecular formula is C66H38N4O2. The third-order valence-corrected chi connectivity index (χ3v) is 14.9. The summed E-state index contributed by atoms with van der Waals surface area (Å²) in [6.45, 7) is 0. The second kappa shape index (κ2) is 14.9. The van der Waals surface area contributed by atoms with Gasteiger partial charge in [0, 0.05) is 43.1 Å². The van der Waals surface area contributed by atoms with Crippen LogP contribution in [-0.2, 0) is 0 Å². The van der Waals surface area contributed by atoms with Gasteiger partial charge >= 0.3 is 0 Å². The summed E-state index contributed by atoms with van der Waals surface area (Å²) in [7, 11) is 0. The first-order chi connectivity index (χ1) is 35.7. The largest absolute Gasteiger partial charge is 0.438 e. The number of hydrogen-bond donors (Lipinski definition) is 0. The van der Waals surface area contributed by atoms with E-state index in [1.54, 1.807) is 0 Å². The fourth-order valence-electron chi connectivity index (χ4n) is 11.7. The van der Waals surface area contributed by atoms with Gasteiger partial charge in [0.05, 0.1) is 55.2 Å². The molecule has 6 heterocycles. The Morgan fingerprint density at radius 1 is 0.264 bits per heavy atom. The summed E-state index contributed by atoms with van der Waals surface area (Å²) in [5.41, 5.74) is 18.3. The van der Waals surface area contributed by atoms with E-state index in [1.807, 2.05) is 36.4 Å². The molecule has 0 spiro atoms. The molecule has 16 rings (SSSR count). The standard InChI is InChI=1S/C66H38N4O2/c1-2-15-39(16-3-1)42-29-32-57-51(36-42)52-38-44(31-34-58(52)70(57)64-47-21-5-10-25-54(47)68-66-62(64)49-23-8-13-28-60(49)72-66)41-18-14-17-40(35-41)43-30-33-56-50(37-43)45-19-6-11-26-55(45)69(56)63-46-20-4-9-24-53(46)67-65-61(63)48-22-7-12-27-59(48)71-65/h1-38H. The highest BCUT2D eigenvalue weighted by Crippen LogP contribution is 2.45. The van der Waals surface area contributed by atoms with E-state index in [9.17, 15) is 0 Å². The lowest BCUT2D eigenvalue weighted by Crippen LogP contribution is -1.98. The molecule has 0 fully saturated rings. The highest BCUT2D eigenvalue weighted by Gasteiger charge is 2.24. The highest BCUT2D eigenvalue weighted by molar-refractivity contribution is 6.21. The lowest BCUT2D eigenvalue weighted by Gasteiger charge is -2.14. The molecule has 0 saturated heterocycles. The van der Waals surface area contributed by atoms with Gasteiger partial charge in [-0.1, -0.05) is 158 Å². The number of furan rings is 2. The van der Waals surface area contributed by atoms with Gasteiger partial charge in [0.25, 0.3) is 0 Å². The maximum absolute atomic E-state index is 6.50. The van der Waals surface area contributed by atoms with Gasteiger partial charge < -0.3 is 18.0 Å². The minimum absolute atomic E-state index is 0.631. The Morgan fingerprint density at radius 3 is 1.17 bits per heavy atom. The van der Waals surface area contributed by atoms with Crippen molar-refractivity contribution in [3.63, 3.8) is 0 Å². The van der Waals surface area contributed by atoms with Crippen LogP contribution >= 0.6 is 0 Å². The molecule has 0 radical (unpaired) electrons. The molecule has 0 bridgehead atoms. The Morgan fingerprint density at radius 2 is 0.639 bits per heavy atom. The van der Waals surface area contributed by atoms with Crippen molar-refractivity contribution in [2.24, 2.45) is 0 Å². The lowest BCUT2D eigenvalue weighted by molar-refractivity contribution is 0.655. The molecule has 0 saturated carbocycles. The van der Waals surface area contributed by atoms with Crippen molar-refractivity contribution < 1.29 is 8.83 Å². The van der Waals surface area contributed by atoms with E-state index in [4.69, 9.17) is 18.8 Å². The number of fused-ring (bicyclic) bond motifs is 14. The zero-order valence-electron chi connectivity index (χ0n) is 38.5. The van der Waals surface area contributed by atoms with Crippen molar-refractivity contribution in [3.8, 4) is 44.8 Å². The number of rotatable bonds is 5. The predicted octanol–water partition coefficient (Wildman–Crippen LogP) is 17.8. The average Bonchev–Trinajstić information content (AvgIpc) is 4.19. The first-order valence-electron chi connectivity index (χ1n) is 24.4. The Kier molecular flexibility index (Phi) is 8.07. The van der Waals surface area contributed by atoms with Crippen molar-refractivity contribution in [3.05, 3.63) is 231 Å². The Labute approximate surface area is 410 Å². The van der Waals surface area contributed by atoms with Gasteiger partial charge in [-0.3, -0.25) is 0 Å². The van der Waals surface area contributed by atoms with Crippen LogP contribution in [0.2, 0.25) is 0 Å². The molecule has 6 nitrogen and oxygen atoms in total. The van der Waals surface area contributed by atoms with E-state index in [0.29, 0.717) is 11.4 Å². The van der Waals surface area contributed by atoms with Gasteiger partial charge in [0.2, 0.25) is 11.4 Å². The van der Waals surface area contributed by atoms with Crippen LogP contribution in [0.15, 0.2) is 239 Å². The summed E-state index contributed by atoms with van der Waals surface area (Å²) < 4.78 is 17.8. The minimum Gasteiger partial charge on any atom is -0.438 e. The van der Waals surface area contributed by atoms with Crippen molar-refractivity contribution in [2.75, 3.05) is 0 Å². The molecule has 72 heavy (non-hydrogen) atoms. The Hall–Kier alpha value is -9.78. The molecule has 0 aliphatic carbocycles. The molecule has 0 aliphatic rings. The van der Waals surface area contributed by atoms with Gasteiger partial charge in [0.15, 0.2) is 0 Å². The fraction of sp³-hybridized carbons (Fsp3) is 0. The fourth-order valence-corrected chi connectivity index (χ4v) is 11.7. The van der Waals surface area contributed by atoms with E-state index < -0.39 is 0 Å². The summed E-state index contributed by atoms with van der Waals surface area (Å²) >= 11 is 0. The second-order valence-corrected chi connectivity index (χ2v) is 18.8. The molecule has 6 aromatic heterocycles. The topological polar surface area (TPSA) is 61.9 Å². The summed E-state index contributed by atoms with van der Waals surface area (Å²) in [5.74, 6) is 0. The number of para-hydroxylation sites is 5. The van der Waals surface area contributed by atoms with Crippen LogP contribution in [0.25, 0.3) is 154 Å². The Bertz CT molecular complexity index is 4940. The van der Waals surface area contributed by atoms with E-state index >= 15 is 0 Å². The molecule has 0 N–H and O–H groups in total. The molecule has 16 aromatic rings. The average molecular weight is 919 g/mol. The van der Waals surface area contributed by atoms with Crippen LogP contribution in [0.5, 0.6) is 0 Å². The van der Waals surface area contributed by atoms with Crippen molar-refractivity contribution in [1.29, 1.82) is 0 Å². The molecule has 0 unspecified atom stereocenters. The van der Waals surface area contributed by atoms with Crippen molar-refractivity contribution in [1.82, 2.24) is 19.1 Å². The van der Waals surface area contributed by atoms with E-state index in [0.717, 1.165) is 110 Å². The highest BCUT2D eigenvalue weighted by atomic mass is 16.3. The quantitative estimate of drug-likeness (QED) is 0.173. The van der Waals surface area contributed by atoms with Gasteiger partial charge in [-0.15, -0.1) is 0 Å². The summed E-state index contributed by atoms with van der Waals surface area (Å²) in [4.78, 5) is 10.1. The van der Waals surface area contributed by atoms with Gasteiger partial charge in [-0.05, 0) is 106 Å². The molecule has 6 heteroatoms. The van der Waals surface area contributed by atoms with Crippen LogP contribution in [0.3, 0.4) is 0 Å². The van der Waals surface area contributed by atoms with Crippen molar-refractivity contribution >= 4 is 110 Å². The van der Waals surface area contributed by atoms with Crippen LogP contribution < -0.4 is 0 Å². The van der Waals surface area contributed by atoms with Crippen LogP contribution in [0.1, 0.15) is 0 Å². The zero-order valence-corrected chi connectivity index (χ0v) is 38.5. The van der Waals surface area contributed by atoms with E-state index in [2.05, 4.69) is 203 Å². The predicted molar refractivity (Wildman–Crippen MR) is 297 cm³/mol. The number of aromatic nitrogens is 4. The molecule has 334 valence electrons. The SMILES string of the molecule is c1ccc(-c2ccc3c(c2)c2cc(-c4cccc(-c5ccc6c(c5)c5ccccc5n6-c5c6ccccc6nc6oc7ccccc7c56)c4)ccc2n3-c2c3ccccc3nc3oc4ccccc4c23)cc1. The third kappa shape index (κ3) is 5.60. The smallest absolute Gasteiger partial charge is 0.230 e. The van der Waals surface area contributed by atoms with Gasteiger partial charge in [0.1, 0.15) is 11.2 Å². The molecule has 0 amide bonds. The minimum atomic E-state index is 0.631. The zero-order chi connectivity index (χ0) is 47.0. The lowest BCUT2D eigenvalue weighted by atomic mass is 9.96. The molecule has 0 aliphatic heterocycles. The van der Waals surface area contributed by atoms with Crippen LogP contribution in [-0.4, -0.2) is 19.1 Å². The second-order valence-electron chi connectivity index (χ2n) is 18.8. The van der Waals surface area contributed by atoms with Crippen LogP contribution in [0.4, 0.5) is 0 Å². The first-order valence-corrected chi connectivity index (χ1v) is 24.4. The first kappa shape index (κ1) is 39.1. The van der Waals surface area contributed by atoms with Gasteiger partial charge in [-0.25, -0.2) is 9.97 Å². The maximum atomic E-state index is 6.50. The molecule has 0 atom stereocenters. The van der Waals surface area contributed by atoms with E-state index in [-0.39, 0.29) is 0 Å². The summed E-state index contributed by atoms with van der Waals surface area (Å²) in [6.07, 6.45) is 0. The van der Waals surface area contributed by atoms with Crippen molar-refractivity contribution in [2.45, 2.75) is 0 Å². The van der Waals surface area contributed by atoms with E-state index in [1.165, 1.54) is 32.7 Å². The monoisotopic (exact) mass is 918 g/mol. The molecule has 10 aromatic carbocycles. The Balaban J connectivity index is 0.891. The number of hydrogen-bond acceptors (Lipinski definition) is 4.